The van der Waals surface area contributed by atoms with Gasteiger partial charge in [0.05, 0.1) is 0 Å². The molecule has 0 aromatic rings. The van der Waals surface area contributed by atoms with Crippen molar-refractivity contribution in [1.29, 1.82) is 0 Å². The second-order valence-corrected chi connectivity index (χ2v) is 8.34. The van der Waals surface area contributed by atoms with Crippen LogP contribution in [0.15, 0.2) is 0 Å². The molecule has 0 radical (unpaired) electrons. The molecule has 0 aromatic heterocycles. The first-order chi connectivity index (χ1) is 10.3. The average Bonchev–Trinajstić information content (AvgIpc) is 2.41. The molecule has 2 fully saturated rings. The maximum absolute atomic E-state index is 12.3. The Kier molecular flexibility index (Phi) is 5.76. The smallest absolute Gasteiger partial charge is 0.410 e. The fourth-order valence-electron chi connectivity index (χ4n) is 3.89. The van der Waals surface area contributed by atoms with Crippen LogP contribution in [0, 0.1) is 11.8 Å². The highest BCUT2D eigenvalue weighted by molar-refractivity contribution is 5.68. The molecule has 0 spiro atoms. The summed E-state index contributed by atoms with van der Waals surface area (Å²) in [7, 11) is 0. The molecule has 4 nitrogen and oxygen atoms in total. The summed E-state index contributed by atoms with van der Waals surface area (Å²) in [5.74, 6) is 1.47. The van der Waals surface area contributed by atoms with E-state index in [4.69, 9.17) is 4.74 Å². The number of hydrogen-bond donors (Lipinski definition) is 1. The molecule has 1 aliphatic carbocycles. The van der Waals surface area contributed by atoms with Crippen LogP contribution in [0.2, 0.25) is 0 Å². The second-order valence-electron chi connectivity index (χ2n) is 8.34. The fraction of sp³-hybridized carbons (Fsp3) is 0.944. The standard InChI is InChI=1S/C18H34N2O2/c1-13-8-6-9-14(2)16(13)19-15-10-7-11-20(12-15)17(21)22-18(3,4)5/h13-16,19H,6-12H2,1-5H3. The van der Waals surface area contributed by atoms with Crippen LogP contribution < -0.4 is 5.32 Å². The van der Waals surface area contributed by atoms with Crippen molar-refractivity contribution in [1.82, 2.24) is 10.2 Å². The van der Waals surface area contributed by atoms with Crippen molar-refractivity contribution in [3.63, 3.8) is 0 Å². The molecule has 0 aromatic carbocycles. The van der Waals surface area contributed by atoms with Gasteiger partial charge in [0.15, 0.2) is 0 Å². The topological polar surface area (TPSA) is 41.6 Å². The molecule has 128 valence electrons. The zero-order valence-corrected chi connectivity index (χ0v) is 15.0. The lowest BCUT2D eigenvalue weighted by atomic mass is 9.78. The van der Waals surface area contributed by atoms with Gasteiger partial charge < -0.3 is 15.0 Å². The van der Waals surface area contributed by atoms with E-state index in [0.29, 0.717) is 12.1 Å². The Morgan fingerprint density at radius 2 is 1.73 bits per heavy atom. The molecule has 1 amide bonds. The Bertz CT molecular complexity index is 368. The molecule has 3 unspecified atom stereocenters. The molecule has 3 atom stereocenters. The first kappa shape index (κ1) is 17.6. The van der Waals surface area contributed by atoms with Crippen LogP contribution in [0.5, 0.6) is 0 Å². The van der Waals surface area contributed by atoms with E-state index < -0.39 is 5.60 Å². The van der Waals surface area contributed by atoms with Crippen molar-refractivity contribution in [2.45, 2.75) is 84.4 Å². The molecule has 1 N–H and O–H groups in total. The van der Waals surface area contributed by atoms with E-state index in [1.54, 1.807) is 0 Å². The Balaban J connectivity index is 1.89. The fourth-order valence-corrected chi connectivity index (χ4v) is 3.89. The van der Waals surface area contributed by atoms with E-state index in [1.807, 2.05) is 25.7 Å². The number of rotatable bonds is 2. The number of hydrogen-bond acceptors (Lipinski definition) is 3. The van der Waals surface area contributed by atoms with Crippen molar-refractivity contribution in [3.8, 4) is 0 Å². The number of carbonyl (C=O) groups is 1. The Morgan fingerprint density at radius 3 is 2.32 bits per heavy atom. The molecule has 0 bridgehead atoms. The van der Waals surface area contributed by atoms with Crippen molar-refractivity contribution in [2.24, 2.45) is 11.8 Å². The molecule has 22 heavy (non-hydrogen) atoms. The highest BCUT2D eigenvalue weighted by Gasteiger charge is 2.32. The van der Waals surface area contributed by atoms with Crippen LogP contribution in [0.25, 0.3) is 0 Å². The Morgan fingerprint density at radius 1 is 1.09 bits per heavy atom. The van der Waals surface area contributed by atoms with E-state index in [-0.39, 0.29) is 6.09 Å². The third-order valence-electron chi connectivity index (χ3n) is 5.05. The van der Waals surface area contributed by atoms with E-state index in [9.17, 15) is 4.79 Å². The van der Waals surface area contributed by atoms with Crippen molar-refractivity contribution in [2.75, 3.05) is 13.1 Å². The lowest BCUT2D eigenvalue weighted by Crippen LogP contribution is -2.55. The number of ether oxygens (including phenoxy) is 1. The lowest BCUT2D eigenvalue weighted by Gasteiger charge is -2.41. The molecule has 1 aliphatic heterocycles. The number of amides is 1. The summed E-state index contributed by atoms with van der Waals surface area (Å²) in [5, 5.41) is 3.86. The SMILES string of the molecule is CC1CCCC(C)C1NC1CCCN(C(=O)OC(C)(C)C)C1. The minimum absolute atomic E-state index is 0.163. The maximum Gasteiger partial charge on any atom is 0.410 e. The normalized spacial score (nSPS) is 33.6. The number of carbonyl (C=O) groups excluding carboxylic acids is 1. The highest BCUT2D eigenvalue weighted by Crippen LogP contribution is 2.30. The number of likely N-dealkylation sites (tertiary alicyclic amines) is 1. The van der Waals surface area contributed by atoms with E-state index in [1.165, 1.54) is 19.3 Å². The van der Waals surface area contributed by atoms with Crippen molar-refractivity contribution >= 4 is 6.09 Å². The number of nitrogens with one attached hydrogen (secondary N) is 1. The van der Waals surface area contributed by atoms with Gasteiger partial charge in [-0.15, -0.1) is 0 Å². The predicted octanol–water partition coefficient (Wildman–Crippen LogP) is 3.80. The largest absolute Gasteiger partial charge is 0.444 e. The van der Waals surface area contributed by atoms with Gasteiger partial charge in [-0.1, -0.05) is 20.3 Å². The second kappa shape index (κ2) is 7.20. The Labute approximate surface area is 136 Å². The average molecular weight is 310 g/mol. The van der Waals surface area contributed by atoms with Crippen molar-refractivity contribution < 1.29 is 9.53 Å². The minimum Gasteiger partial charge on any atom is -0.444 e. The minimum atomic E-state index is -0.413. The Hall–Kier alpha value is -0.770. The van der Waals surface area contributed by atoms with Gasteiger partial charge in [-0.05, 0) is 58.3 Å². The van der Waals surface area contributed by atoms with Crippen LogP contribution in [0.3, 0.4) is 0 Å². The summed E-state index contributed by atoms with van der Waals surface area (Å²) in [6, 6.07) is 1.01. The van der Waals surface area contributed by atoms with Crippen LogP contribution in [-0.2, 0) is 4.74 Å². The first-order valence-corrected chi connectivity index (χ1v) is 9.00. The van der Waals surface area contributed by atoms with Crippen LogP contribution in [0.1, 0.15) is 66.7 Å². The third kappa shape index (κ3) is 4.87. The van der Waals surface area contributed by atoms with Gasteiger partial charge in [-0.25, -0.2) is 4.79 Å². The van der Waals surface area contributed by atoms with Gasteiger partial charge >= 0.3 is 6.09 Å². The molecular weight excluding hydrogens is 276 g/mol. The quantitative estimate of drug-likeness (QED) is 0.843. The number of piperidine rings is 1. The highest BCUT2D eigenvalue weighted by atomic mass is 16.6. The molecule has 1 heterocycles. The monoisotopic (exact) mass is 310 g/mol. The van der Waals surface area contributed by atoms with E-state index >= 15 is 0 Å². The van der Waals surface area contributed by atoms with Crippen LogP contribution >= 0.6 is 0 Å². The zero-order chi connectivity index (χ0) is 16.3. The van der Waals surface area contributed by atoms with Gasteiger partial charge in [0.2, 0.25) is 0 Å². The zero-order valence-electron chi connectivity index (χ0n) is 15.0. The summed E-state index contributed by atoms with van der Waals surface area (Å²) in [4.78, 5) is 14.1. The van der Waals surface area contributed by atoms with Gasteiger partial charge in [-0.2, -0.15) is 0 Å². The summed E-state index contributed by atoms with van der Waals surface area (Å²) >= 11 is 0. The summed E-state index contributed by atoms with van der Waals surface area (Å²) in [6.45, 7) is 12.1. The molecule has 4 heteroatoms. The van der Waals surface area contributed by atoms with Crippen LogP contribution in [-0.4, -0.2) is 41.8 Å². The molecule has 1 saturated carbocycles. The molecule has 1 saturated heterocycles. The number of nitrogens with zero attached hydrogens (tertiary/aromatic N) is 1. The van der Waals surface area contributed by atoms with Gasteiger partial charge in [-0.3, -0.25) is 0 Å². The van der Waals surface area contributed by atoms with Crippen molar-refractivity contribution in [3.05, 3.63) is 0 Å². The first-order valence-electron chi connectivity index (χ1n) is 9.00. The van der Waals surface area contributed by atoms with Crippen LogP contribution in [0.4, 0.5) is 4.79 Å². The summed E-state index contributed by atoms with van der Waals surface area (Å²) < 4.78 is 5.52. The molecule has 2 rings (SSSR count). The van der Waals surface area contributed by atoms with E-state index in [0.717, 1.165) is 37.8 Å². The predicted molar refractivity (Wildman–Crippen MR) is 89.9 cm³/mol. The summed E-state index contributed by atoms with van der Waals surface area (Å²) in [5.41, 5.74) is -0.413. The van der Waals surface area contributed by atoms with Gasteiger partial charge in [0.1, 0.15) is 5.60 Å². The molecular formula is C18H34N2O2. The lowest BCUT2D eigenvalue weighted by molar-refractivity contribution is 0.0172. The van der Waals surface area contributed by atoms with Gasteiger partial charge in [0, 0.05) is 25.2 Å². The third-order valence-corrected chi connectivity index (χ3v) is 5.05. The summed E-state index contributed by atoms with van der Waals surface area (Å²) in [6.07, 6.45) is 6.06. The maximum atomic E-state index is 12.3. The van der Waals surface area contributed by atoms with E-state index in [2.05, 4.69) is 19.2 Å². The molecule has 2 aliphatic rings. The van der Waals surface area contributed by atoms with Gasteiger partial charge in [0.25, 0.3) is 0 Å².